The lowest BCUT2D eigenvalue weighted by Gasteiger charge is -2.26. The van der Waals surface area contributed by atoms with Crippen LogP contribution < -0.4 is 5.32 Å². The largest absolute Gasteiger partial charge is 0.394 e. The lowest BCUT2D eigenvalue weighted by atomic mass is 9.99. The van der Waals surface area contributed by atoms with E-state index < -0.39 is 18.2 Å². The van der Waals surface area contributed by atoms with Gasteiger partial charge in [-0.1, -0.05) is 301 Å². The number of hydrogen-bond acceptors (Lipinski definition) is 4. The molecule has 0 aromatic rings. The van der Waals surface area contributed by atoms with E-state index in [9.17, 15) is 20.1 Å². The summed E-state index contributed by atoms with van der Waals surface area (Å²) in [5, 5.41) is 33.8. The molecule has 0 spiro atoms. The molecule has 0 heterocycles. The number of allylic oxidation sites excluding steroid dienone is 4. The number of carbonyl (C=O) groups is 1. The Bertz CT molecular complexity index is 967. The highest BCUT2D eigenvalue weighted by molar-refractivity contribution is 5.76. The third-order valence-corrected chi connectivity index (χ3v) is 14.1. The molecule has 0 rings (SSSR count). The third kappa shape index (κ3) is 50.5. The Morgan fingerprint density at radius 1 is 0.385 bits per heavy atom. The van der Waals surface area contributed by atoms with Gasteiger partial charge in [0.2, 0.25) is 5.91 Å². The van der Waals surface area contributed by atoms with Gasteiger partial charge in [0, 0.05) is 6.42 Å². The van der Waals surface area contributed by atoms with Crippen molar-refractivity contribution in [3.05, 3.63) is 24.3 Å². The van der Waals surface area contributed by atoms with Gasteiger partial charge < -0.3 is 20.6 Å². The van der Waals surface area contributed by atoms with Gasteiger partial charge in [0.15, 0.2) is 0 Å². The van der Waals surface area contributed by atoms with Crippen molar-refractivity contribution < 1.29 is 20.1 Å². The highest BCUT2D eigenvalue weighted by Crippen LogP contribution is 2.18. The van der Waals surface area contributed by atoms with Crippen molar-refractivity contribution in [3.8, 4) is 0 Å². The maximum absolute atomic E-state index is 12.5. The standard InChI is InChI=1S/C60H117NO4/c1-3-5-7-9-11-13-15-17-19-21-23-25-26-27-28-29-30-31-32-33-34-35-37-39-41-43-45-47-49-51-53-55-59(64)61-57(56-62)60(65)58(63)54-52-50-48-46-44-42-40-38-36-24-22-20-18-16-14-12-10-8-6-4-2/h23,25,27-28,57-58,60,62-63,65H,3-22,24,26,29-56H2,1-2H3,(H,61,64)/b25-23-,28-27-. The maximum atomic E-state index is 12.5. The van der Waals surface area contributed by atoms with Crippen molar-refractivity contribution in [2.75, 3.05) is 6.61 Å². The number of amides is 1. The first-order valence-corrected chi connectivity index (χ1v) is 29.6. The summed E-state index contributed by atoms with van der Waals surface area (Å²) in [5.74, 6) is -0.139. The molecule has 0 saturated carbocycles. The summed E-state index contributed by atoms with van der Waals surface area (Å²) in [6, 6.07) is -0.808. The van der Waals surface area contributed by atoms with E-state index in [0.717, 1.165) is 38.5 Å². The Morgan fingerprint density at radius 2 is 0.662 bits per heavy atom. The van der Waals surface area contributed by atoms with Crippen molar-refractivity contribution in [2.45, 2.75) is 347 Å². The lowest BCUT2D eigenvalue weighted by Crippen LogP contribution is -2.50. The molecule has 0 aliphatic rings. The number of carbonyl (C=O) groups excluding carboxylic acids is 1. The SMILES string of the molecule is CCCCCCCCCCC/C=C\C/C=C\CCCCCCCCCCCCCCCCCC(=O)NC(CO)C(O)C(O)CCCCCCCCCCCCCCCCCCCCCC. The average Bonchev–Trinajstić information content (AvgIpc) is 3.31. The third-order valence-electron chi connectivity index (χ3n) is 14.1. The summed E-state index contributed by atoms with van der Waals surface area (Å²) in [5.41, 5.74) is 0. The van der Waals surface area contributed by atoms with E-state index >= 15 is 0 Å². The van der Waals surface area contributed by atoms with Crippen molar-refractivity contribution in [3.63, 3.8) is 0 Å². The van der Waals surface area contributed by atoms with Crippen LogP contribution in [0.2, 0.25) is 0 Å². The minimum atomic E-state index is -1.14. The summed E-state index contributed by atoms with van der Waals surface area (Å²) in [7, 11) is 0. The lowest BCUT2D eigenvalue weighted by molar-refractivity contribution is -0.124. The number of nitrogens with one attached hydrogen (secondary N) is 1. The van der Waals surface area contributed by atoms with Crippen LogP contribution in [0.5, 0.6) is 0 Å². The number of unbranched alkanes of at least 4 members (excludes halogenated alkanes) is 43. The minimum absolute atomic E-state index is 0.139. The van der Waals surface area contributed by atoms with Gasteiger partial charge in [-0.25, -0.2) is 0 Å². The predicted octanol–water partition coefficient (Wildman–Crippen LogP) is 18.5. The minimum Gasteiger partial charge on any atom is -0.394 e. The summed E-state index contributed by atoms with van der Waals surface area (Å²) in [6.45, 7) is 4.22. The molecule has 0 aliphatic heterocycles. The van der Waals surface area contributed by atoms with Crippen LogP contribution in [0.3, 0.4) is 0 Å². The van der Waals surface area contributed by atoms with E-state index in [0.29, 0.717) is 12.8 Å². The molecular formula is C60H117NO4. The Kier molecular flexibility index (Phi) is 54.4. The maximum Gasteiger partial charge on any atom is 0.220 e. The first kappa shape index (κ1) is 63.8. The van der Waals surface area contributed by atoms with Gasteiger partial charge >= 0.3 is 0 Å². The fraction of sp³-hybridized carbons (Fsp3) is 0.917. The summed E-state index contributed by atoms with van der Waals surface area (Å²) < 4.78 is 0. The molecule has 0 aliphatic carbocycles. The van der Waals surface area contributed by atoms with Gasteiger partial charge in [-0.2, -0.15) is 0 Å². The van der Waals surface area contributed by atoms with Gasteiger partial charge in [-0.3, -0.25) is 4.79 Å². The first-order chi connectivity index (χ1) is 32.1. The van der Waals surface area contributed by atoms with E-state index in [1.165, 1.54) is 263 Å². The normalized spacial score (nSPS) is 13.4. The van der Waals surface area contributed by atoms with Crippen LogP contribution >= 0.6 is 0 Å². The van der Waals surface area contributed by atoms with Crippen LogP contribution in [0.25, 0.3) is 0 Å². The van der Waals surface area contributed by atoms with Crippen molar-refractivity contribution >= 4 is 5.91 Å². The van der Waals surface area contributed by atoms with Crippen LogP contribution in [-0.2, 0) is 4.79 Å². The molecule has 5 nitrogen and oxygen atoms in total. The number of hydrogen-bond donors (Lipinski definition) is 4. The predicted molar refractivity (Wildman–Crippen MR) is 287 cm³/mol. The molecular weight excluding hydrogens is 799 g/mol. The fourth-order valence-electron chi connectivity index (χ4n) is 9.49. The Hall–Kier alpha value is -1.17. The zero-order valence-electron chi connectivity index (χ0n) is 44.1. The second-order valence-electron chi connectivity index (χ2n) is 20.6. The molecule has 386 valence electrons. The van der Waals surface area contributed by atoms with Gasteiger partial charge in [0.1, 0.15) is 6.10 Å². The molecule has 0 radical (unpaired) electrons. The number of rotatable bonds is 55. The van der Waals surface area contributed by atoms with Crippen molar-refractivity contribution in [2.24, 2.45) is 0 Å². The second kappa shape index (κ2) is 55.4. The average molecular weight is 917 g/mol. The fourth-order valence-corrected chi connectivity index (χ4v) is 9.49. The van der Waals surface area contributed by atoms with Crippen molar-refractivity contribution in [1.29, 1.82) is 0 Å². The highest BCUT2D eigenvalue weighted by Gasteiger charge is 2.26. The van der Waals surface area contributed by atoms with Crippen LogP contribution in [-0.4, -0.2) is 46.1 Å². The summed E-state index contributed by atoms with van der Waals surface area (Å²) in [6.07, 6.45) is 70.5. The Morgan fingerprint density at radius 3 is 0.969 bits per heavy atom. The monoisotopic (exact) mass is 916 g/mol. The molecule has 0 aromatic heterocycles. The number of aliphatic hydroxyl groups is 3. The zero-order chi connectivity index (χ0) is 47.2. The zero-order valence-corrected chi connectivity index (χ0v) is 44.1. The molecule has 5 heteroatoms. The molecule has 1 amide bonds. The summed E-state index contributed by atoms with van der Waals surface area (Å²) in [4.78, 5) is 12.5. The quantitative estimate of drug-likeness (QED) is 0.0361. The Balaban J connectivity index is 3.50. The molecule has 0 saturated heterocycles. The van der Waals surface area contributed by atoms with Gasteiger partial charge in [-0.05, 0) is 44.9 Å². The molecule has 0 aromatic carbocycles. The molecule has 3 unspecified atom stereocenters. The van der Waals surface area contributed by atoms with Crippen LogP contribution in [0, 0.1) is 0 Å². The first-order valence-electron chi connectivity index (χ1n) is 29.6. The van der Waals surface area contributed by atoms with Gasteiger partial charge in [-0.15, -0.1) is 0 Å². The highest BCUT2D eigenvalue weighted by atomic mass is 16.3. The van der Waals surface area contributed by atoms with E-state index in [1.54, 1.807) is 0 Å². The van der Waals surface area contributed by atoms with Crippen LogP contribution in [0.4, 0.5) is 0 Å². The second-order valence-corrected chi connectivity index (χ2v) is 20.6. The van der Waals surface area contributed by atoms with Crippen molar-refractivity contribution in [1.82, 2.24) is 5.32 Å². The van der Waals surface area contributed by atoms with E-state index in [2.05, 4.69) is 43.5 Å². The van der Waals surface area contributed by atoms with E-state index in [4.69, 9.17) is 0 Å². The topological polar surface area (TPSA) is 89.8 Å². The van der Waals surface area contributed by atoms with E-state index in [-0.39, 0.29) is 12.5 Å². The molecule has 65 heavy (non-hydrogen) atoms. The van der Waals surface area contributed by atoms with Crippen LogP contribution in [0.15, 0.2) is 24.3 Å². The number of aliphatic hydroxyl groups excluding tert-OH is 3. The molecule has 3 atom stereocenters. The smallest absolute Gasteiger partial charge is 0.220 e. The Labute approximate surface area is 407 Å². The summed E-state index contributed by atoms with van der Waals surface area (Å²) >= 11 is 0. The molecule has 4 N–H and O–H groups in total. The molecule has 0 fully saturated rings. The van der Waals surface area contributed by atoms with E-state index in [1.807, 2.05) is 0 Å². The van der Waals surface area contributed by atoms with Gasteiger partial charge in [0.25, 0.3) is 0 Å². The van der Waals surface area contributed by atoms with Gasteiger partial charge in [0.05, 0.1) is 18.8 Å². The molecule has 0 bridgehead atoms. The van der Waals surface area contributed by atoms with Crippen LogP contribution in [0.1, 0.15) is 328 Å².